The number of aliphatic carboxylic acids is 1. The largest absolute Gasteiger partial charge is 0.480 e. The lowest BCUT2D eigenvalue weighted by atomic mass is 9.81. The Hall–Kier alpha value is -3.54. The summed E-state index contributed by atoms with van der Waals surface area (Å²) in [5.74, 6) is -2.68. The molecule has 1 saturated carbocycles. The van der Waals surface area contributed by atoms with Gasteiger partial charge in [0.05, 0.1) is 17.1 Å². The van der Waals surface area contributed by atoms with Crippen molar-refractivity contribution in [3.05, 3.63) is 58.5 Å². The van der Waals surface area contributed by atoms with E-state index in [4.69, 9.17) is 21.8 Å². The molecule has 1 aromatic heterocycles. The maximum atomic E-state index is 14.9. The van der Waals surface area contributed by atoms with Gasteiger partial charge < -0.3 is 26.2 Å². The van der Waals surface area contributed by atoms with E-state index in [9.17, 15) is 18.8 Å². The molecular weight excluding hydrogens is 493 g/mol. The number of carbonyl (C=O) groups excluding carboxylic acids is 2. The van der Waals surface area contributed by atoms with Gasteiger partial charge in [0.1, 0.15) is 12.4 Å². The lowest BCUT2D eigenvalue weighted by molar-refractivity contribution is -0.137. The number of aromatic nitrogens is 2. The van der Waals surface area contributed by atoms with Crippen LogP contribution in [0.2, 0.25) is 5.02 Å². The summed E-state index contributed by atoms with van der Waals surface area (Å²) < 4.78 is 16.1. The van der Waals surface area contributed by atoms with Crippen molar-refractivity contribution >= 4 is 46.0 Å². The van der Waals surface area contributed by atoms with E-state index >= 15 is 0 Å². The molecule has 36 heavy (non-hydrogen) atoms. The first-order valence-corrected chi connectivity index (χ1v) is 11.7. The summed E-state index contributed by atoms with van der Waals surface area (Å²) >= 11 is 5.94. The van der Waals surface area contributed by atoms with Crippen molar-refractivity contribution < 1.29 is 29.0 Å². The van der Waals surface area contributed by atoms with Gasteiger partial charge in [-0.15, -0.1) is 0 Å². The summed E-state index contributed by atoms with van der Waals surface area (Å²) in [6.45, 7) is -0.501. The van der Waals surface area contributed by atoms with E-state index in [1.807, 2.05) is 0 Å². The van der Waals surface area contributed by atoms with Crippen LogP contribution in [-0.2, 0) is 22.7 Å². The summed E-state index contributed by atoms with van der Waals surface area (Å²) in [6.07, 6.45) is 1.58. The van der Waals surface area contributed by atoms with Gasteiger partial charge in [-0.2, -0.15) is 5.10 Å². The lowest BCUT2D eigenvalue weighted by Crippen LogP contribution is -2.46. The second-order valence-corrected chi connectivity index (χ2v) is 9.04. The molecule has 1 fully saturated rings. The Balaban J connectivity index is 1.47. The van der Waals surface area contributed by atoms with Gasteiger partial charge in [0.25, 0.3) is 5.91 Å². The van der Waals surface area contributed by atoms with Gasteiger partial charge in [-0.3, -0.25) is 19.1 Å². The third-order valence-electron chi connectivity index (χ3n) is 6.11. The normalized spacial score (nSPS) is 17.0. The van der Waals surface area contributed by atoms with Crippen LogP contribution in [0.5, 0.6) is 0 Å². The molecule has 4 rings (SSSR count). The topological polar surface area (TPSA) is 146 Å². The molecule has 1 aliphatic carbocycles. The first kappa shape index (κ1) is 25.5. The number of para-hydroxylation sites is 1. The molecule has 10 nitrogen and oxygen atoms in total. The number of aliphatic hydroxyl groups excluding tert-OH is 1. The number of carboxylic acid groups (broad SMARTS) is 1. The smallest absolute Gasteiger partial charge is 0.325 e. The molecule has 0 aliphatic heterocycles. The van der Waals surface area contributed by atoms with Crippen LogP contribution in [0.25, 0.3) is 10.9 Å². The maximum Gasteiger partial charge on any atom is 0.325 e. The average Bonchev–Trinajstić information content (AvgIpc) is 3.18. The first-order chi connectivity index (χ1) is 17.3. The van der Waals surface area contributed by atoms with Crippen molar-refractivity contribution in [2.45, 2.75) is 32.0 Å². The average molecular weight is 518 g/mol. The van der Waals surface area contributed by atoms with E-state index in [0.29, 0.717) is 10.9 Å². The van der Waals surface area contributed by atoms with Crippen LogP contribution < -0.4 is 16.0 Å². The van der Waals surface area contributed by atoms with E-state index in [2.05, 4.69) is 21.0 Å². The molecule has 3 aromatic rings. The van der Waals surface area contributed by atoms with Crippen molar-refractivity contribution in [1.82, 2.24) is 20.4 Å². The van der Waals surface area contributed by atoms with Crippen LogP contribution in [0.1, 0.15) is 28.9 Å². The summed E-state index contributed by atoms with van der Waals surface area (Å²) in [6, 6.07) is 9.53. The Labute approximate surface area is 210 Å². The fraction of sp³-hybridized carbons (Fsp3) is 0.333. The number of fused-ring (bicyclic) bond motifs is 1. The van der Waals surface area contributed by atoms with Crippen molar-refractivity contribution in [1.29, 1.82) is 0 Å². The maximum absolute atomic E-state index is 14.9. The van der Waals surface area contributed by atoms with E-state index in [1.165, 1.54) is 16.8 Å². The van der Waals surface area contributed by atoms with Gasteiger partial charge in [-0.1, -0.05) is 29.8 Å². The molecule has 190 valence electrons. The number of carboxylic acids is 1. The lowest BCUT2D eigenvalue weighted by Gasteiger charge is -2.34. The predicted octanol–water partition coefficient (Wildman–Crippen LogP) is 2.14. The van der Waals surface area contributed by atoms with Gasteiger partial charge in [0, 0.05) is 35.8 Å². The first-order valence-electron chi connectivity index (χ1n) is 11.3. The third-order valence-corrected chi connectivity index (χ3v) is 6.40. The zero-order valence-corrected chi connectivity index (χ0v) is 19.9. The van der Waals surface area contributed by atoms with Gasteiger partial charge in [0.2, 0.25) is 5.91 Å². The molecule has 2 amide bonds. The zero-order chi connectivity index (χ0) is 25.8. The quantitative estimate of drug-likeness (QED) is 0.277. The number of nitrogens with one attached hydrogen (secondary N) is 3. The van der Waals surface area contributed by atoms with Crippen LogP contribution in [-0.4, -0.2) is 57.0 Å². The number of hydrogen-bond donors (Lipinski definition) is 5. The molecule has 0 saturated heterocycles. The minimum Gasteiger partial charge on any atom is -0.480 e. The SMILES string of the molecule is O=C(O)Cn1nc(C(=O)Nc2ccc(Cl)c(F)c2CNC(=O)CNC2CC(CO)C2)c2ccccc21. The van der Waals surface area contributed by atoms with Gasteiger partial charge >= 0.3 is 5.97 Å². The molecule has 0 unspecified atom stereocenters. The van der Waals surface area contributed by atoms with Crippen molar-refractivity contribution in [2.75, 3.05) is 18.5 Å². The van der Waals surface area contributed by atoms with Gasteiger partial charge in [0.15, 0.2) is 5.69 Å². The molecule has 5 N–H and O–H groups in total. The Morgan fingerprint density at radius 2 is 1.92 bits per heavy atom. The number of hydrogen-bond acceptors (Lipinski definition) is 6. The molecular formula is C24H25ClFN5O5. The molecule has 1 aliphatic rings. The number of anilines is 1. The molecule has 0 bridgehead atoms. The highest BCUT2D eigenvalue weighted by atomic mass is 35.5. The fourth-order valence-corrected chi connectivity index (χ4v) is 4.32. The van der Waals surface area contributed by atoms with Crippen LogP contribution in [0.15, 0.2) is 36.4 Å². The van der Waals surface area contributed by atoms with Crippen LogP contribution in [0.4, 0.5) is 10.1 Å². The second-order valence-electron chi connectivity index (χ2n) is 8.63. The summed E-state index contributed by atoms with van der Waals surface area (Å²) in [5, 5.41) is 30.9. The second kappa shape index (κ2) is 11.0. The molecule has 1 heterocycles. The highest BCUT2D eigenvalue weighted by molar-refractivity contribution is 6.31. The Morgan fingerprint density at radius 1 is 1.17 bits per heavy atom. The van der Waals surface area contributed by atoms with Crippen molar-refractivity contribution in [3.63, 3.8) is 0 Å². The number of benzene rings is 2. The van der Waals surface area contributed by atoms with E-state index in [1.54, 1.807) is 24.3 Å². The Bertz CT molecular complexity index is 1310. The molecule has 0 atom stereocenters. The van der Waals surface area contributed by atoms with E-state index < -0.39 is 24.2 Å². The number of nitrogens with zero attached hydrogens (tertiary/aromatic N) is 2. The highest BCUT2D eigenvalue weighted by Crippen LogP contribution is 2.28. The fourth-order valence-electron chi connectivity index (χ4n) is 4.15. The van der Waals surface area contributed by atoms with Crippen LogP contribution >= 0.6 is 11.6 Å². The van der Waals surface area contributed by atoms with Crippen molar-refractivity contribution in [2.24, 2.45) is 5.92 Å². The summed E-state index contributed by atoms with van der Waals surface area (Å²) in [5.41, 5.74) is 0.520. The Kier molecular flexibility index (Phi) is 7.82. The minimum absolute atomic E-state index is 0.0116. The van der Waals surface area contributed by atoms with E-state index in [0.717, 1.165) is 12.8 Å². The number of rotatable bonds is 10. The molecule has 0 spiro atoms. The number of aliphatic hydroxyl groups is 1. The predicted molar refractivity (Wildman–Crippen MR) is 130 cm³/mol. The van der Waals surface area contributed by atoms with Crippen molar-refractivity contribution in [3.8, 4) is 0 Å². The molecule has 12 heteroatoms. The van der Waals surface area contributed by atoms with E-state index in [-0.39, 0.29) is 59.5 Å². The third kappa shape index (κ3) is 5.64. The van der Waals surface area contributed by atoms with Gasteiger partial charge in [-0.05, 0) is 37.0 Å². The Morgan fingerprint density at radius 3 is 2.64 bits per heavy atom. The monoisotopic (exact) mass is 517 g/mol. The van der Waals surface area contributed by atoms with Gasteiger partial charge in [-0.25, -0.2) is 4.39 Å². The standard InChI is InChI=1S/C24H25ClFN5O5/c25-17-5-6-18(16(22(17)26)9-28-20(33)10-27-14-7-13(8-14)12-32)29-24(36)23-15-3-1-2-4-19(15)31(30-23)11-21(34)35/h1-6,13-14,27,32H,7-12H2,(H,28,33)(H,29,36)(H,34,35). The summed E-state index contributed by atoms with van der Waals surface area (Å²) in [7, 11) is 0. The van der Waals surface area contributed by atoms with Crippen LogP contribution in [0.3, 0.4) is 0 Å². The van der Waals surface area contributed by atoms with Crippen LogP contribution in [0, 0.1) is 11.7 Å². The molecule has 2 aromatic carbocycles. The highest BCUT2D eigenvalue weighted by Gasteiger charge is 2.28. The summed E-state index contributed by atoms with van der Waals surface area (Å²) in [4.78, 5) is 36.5. The molecule has 0 radical (unpaired) electrons. The zero-order valence-electron chi connectivity index (χ0n) is 19.1. The number of amides is 2. The minimum atomic E-state index is -1.12. The number of halogens is 2. The number of carbonyl (C=O) groups is 3.